The lowest BCUT2D eigenvalue weighted by molar-refractivity contribution is 0.112. The van der Waals surface area contributed by atoms with Crippen LogP contribution in [0.4, 0.5) is 17.5 Å². The quantitative estimate of drug-likeness (QED) is 0.521. The lowest BCUT2D eigenvalue weighted by Gasteiger charge is -2.26. The van der Waals surface area contributed by atoms with E-state index in [4.69, 9.17) is 5.73 Å². The first kappa shape index (κ1) is 16.5. The van der Waals surface area contributed by atoms with Gasteiger partial charge in [0.25, 0.3) is 0 Å². The van der Waals surface area contributed by atoms with Crippen LogP contribution >= 0.6 is 0 Å². The summed E-state index contributed by atoms with van der Waals surface area (Å²) in [6.07, 6.45) is 6.47. The molecule has 2 aromatic heterocycles. The topological polar surface area (TPSA) is 122 Å². The molecule has 0 spiro atoms. The Balaban J connectivity index is 1.58. The fourth-order valence-electron chi connectivity index (χ4n) is 3.22. The highest BCUT2D eigenvalue weighted by molar-refractivity contribution is 5.86. The van der Waals surface area contributed by atoms with E-state index in [1.807, 2.05) is 12.1 Å². The molecule has 0 amide bonds. The third kappa shape index (κ3) is 3.50. The van der Waals surface area contributed by atoms with E-state index in [9.17, 15) is 4.79 Å². The Bertz CT molecular complexity index is 898. The second kappa shape index (κ2) is 7.09. The molecule has 1 aromatic carbocycles. The lowest BCUT2D eigenvalue weighted by atomic mass is 9.92. The van der Waals surface area contributed by atoms with Gasteiger partial charge in [-0.1, -0.05) is 0 Å². The van der Waals surface area contributed by atoms with Crippen molar-refractivity contribution in [3.63, 3.8) is 0 Å². The fraction of sp³-hybridized carbons (Fsp3) is 0.333. The number of carbonyl (C=O) groups excluding carboxylic acids is 1. The van der Waals surface area contributed by atoms with Gasteiger partial charge in [-0.2, -0.15) is 9.97 Å². The van der Waals surface area contributed by atoms with E-state index in [1.165, 1.54) is 0 Å². The average molecular weight is 351 g/mol. The maximum atomic E-state index is 10.8. The Morgan fingerprint density at radius 3 is 2.62 bits per heavy atom. The molecular weight excluding hydrogens is 330 g/mol. The van der Waals surface area contributed by atoms with Crippen molar-refractivity contribution in [2.45, 2.75) is 37.8 Å². The van der Waals surface area contributed by atoms with Crippen LogP contribution in [0, 0.1) is 0 Å². The Kier molecular flexibility index (Phi) is 4.49. The molecule has 8 nitrogen and oxygen atoms in total. The summed E-state index contributed by atoms with van der Waals surface area (Å²) in [5.41, 5.74) is 8.77. The van der Waals surface area contributed by atoms with Gasteiger partial charge in [-0.25, -0.2) is 4.98 Å². The van der Waals surface area contributed by atoms with E-state index in [-0.39, 0.29) is 0 Å². The van der Waals surface area contributed by atoms with E-state index in [1.54, 1.807) is 18.5 Å². The number of aromatic amines is 1. The third-order valence-corrected chi connectivity index (χ3v) is 4.69. The van der Waals surface area contributed by atoms with Crippen LogP contribution < -0.4 is 16.4 Å². The molecule has 0 radical (unpaired) electrons. The molecular formula is C18H21N7O. The summed E-state index contributed by atoms with van der Waals surface area (Å²) in [5.74, 6) is 1.18. The Morgan fingerprint density at radius 1 is 1.12 bits per heavy atom. The number of nitrogens with two attached hydrogens (primary N) is 1. The number of rotatable bonds is 5. The van der Waals surface area contributed by atoms with E-state index < -0.39 is 0 Å². The van der Waals surface area contributed by atoms with E-state index in [0.717, 1.165) is 37.7 Å². The van der Waals surface area contributed by atoms with Crippen LogP contribution in [0.2, 0.25) is 0 Å². The SMILES string of the molecule is NC1CCC(Nc2nc(Nc3ccc(C=O)cc3)c3nc[nH]c3n2)CC1. The zero-order valence-electron chi connectivity index (χ0n) is 14.3. The molecule has 8 heteroatoms. The Morgan fingerprint density at radius 2 is 1.88 bits per heavy atom. The Labute approximate surface area is 150 Å². The molecule has 0 unspecified atom stereocenters. The van der Waals surface area contributed by atoms with Crippen molar-refractivity contribution in [3.05, 3.63) is 36.2 Å². The number of carbonyl (C=O) groups is 1. The highest BCUT2D eigenvalue weighted by atomic mass is 16.1. The third-order valence-electron chi connectivity index (χ3n) is 4.69. The molecule has 2 heterocycles. The van der Waals surface area contributed by atoms with Gasteiger partial charge in [-0.15, -0.1) is 0 Å². The van der Waals surface area contributed by atoms with Crippen LogP contribution in [-0.2, 0) is 0 Å². The summed E-state index contributed by atoms with van der Waals surface area (Å²) in [4.78, 5) is 27.3. The molecule has 0 atom stereocenters. The number of aldehydes is 1. The van der Waals surface area contributed by atoms with Crippen LogP contribution in [0.3, 0.4) is 0 Å². The predicted octanol–water partition coefficient (Wildman–Crippen LogP) is 2.59. The molecule has 1 aliphatic carbocycles. The first-order chi connectivity index (χ1) is 12.7. The van der Waals surface area contributed by atoms with Gasteiger partial charge in [-0.3, -0.25) is 4.79 Å². The summed E-state index contributed by atoms with van der Waals surface area (Å²) in [6.45, 7) is 0. The molecule has 1 fully saturated rings. The minimum atomic E-state index is 0.302. The monoisotopic (exact) mass is 351 g/mol. The fourth-order valence-corrected chi connectivity index (χ4v) is 3.22. The van der Waals surface area contributed by atoms with Crippen LogP contribution in [-0.4, -0.2) is 38.3 Å². The standard InChI is InChI=1S/C18H21N7O/c19-12-3-7-14(8-4-12)23-18-24-16-15(20-10-21-16)17(25-18)22-13-5-1-11(9-26)2-6-13/h1-2,5-6,9-10,12,14H,3-4,7-8,19H2,(H3,20,21,22,23,24,25). The normalized spacial score (nSPS) is 20.0. The van der Waals surface area contributed by atoms with Gasteiger partial charge >= 0.3 is 0 Å². The summed E-state index contributed by atoms with van der Waals surface area (Å²) in [7, 11) is 0. The highest BCUT2D eigenvalue weighted by Crippen LogP contribution is 2.25. The van der Waals surface area contributed by atoms with Crippen molar-refractivity contribution in [3.8, 4) is 0 Å². The smallest absolute Gasteiger partial charge is 0.227 e. The second-order valence-electron chi connectivity index (χ2n) is 6.62. The maximum absolute atomic E-state index is 10.8. The molecule has 4 rings (SSSR count). The Hall–Kier alpha value is -3.00. The van der Waals surface area contributed by atoms with Crippen LogP contribution in [0.5, 0.6) is 0 Å². The van der Waals surface area contributed by atoms with Crippen LogP contribution in [0.25, 0.3) is 11.2 Å². The minimum absolute atomic E-state index is 0.302. The minimum Gasteiger partial charge on any atom is -0.351 e. The van der Waals surface area contributed by atoms with Crippen molar-refractivity contribution in [2.75, 3.05) is 10.6 Å². The van der Waals surface area contributed by atoms with Crippen molar-refractivity contribution < 1.29 is 4.79 Å². The molecule has 0 saturated heterocycles. The predicted molar refractivity (Wildman–Crippen MR) is 101 cm³/mol. The van der Waals surface area contributed by atoms with Gasteiger partial charge in [0.15, 0.2) is 17.0 Å². The van der Waals surface area contributed by atoms with Gasteiger partial charge in [-0.05, 0) is 49.9 Å². The first-order valence-electron chi connectivity index (χ1n) is 8.77. The van der Waals surface area contributed by atoms with Crippen molar-refractivity contribution >= 4 is 34.9 Å². The number of nitrogens with one attached hydrogen (secondary N) is 3. The number of H-pyrrole nitrogens is 1. The van der Waals surface area contributed by atoms with Crippen LogP contribution in [0.15, 0.2) is 30.6 Å². The molecule has 26 heavy (non-hydrogen) atoms. The lowest BCUT2D eigenvalue weighted by Crippen LogP contribution is -2.33. The number of benzene rings is 1. The summed E-state index contributed by atoms with van der Waals surface area (Å²) in [5, 5.41) is 6.68. The van der Waals surface area contributed by atoms with Gasteiger partial charge < -0.3 is 21.4 Å². The van der Waals surface area contributed by atoms with Crippen molar-refractivity contribution in [1.29, 1.82) is 0 Å². The summed E-state index contributed by atoms with van der Waals surface area (Å²) < 4.78 is 0. The zero-order valence-corrected chi connectivity index (χ0v) is 14.3. The van der Waals surface area contributed by atoms with Gasteiger partial charge in [0.1, 0.15) is 6.29 Å². The number of imidazole rings is 1. The number of aromatic nitrogens is 4. The van der Waals surface area contributed by atoms with Gasteiger partial charge in [0.2, 0.25) is 5.95 Å². The number of fused-ring (bicyclic) bond motifs is 1. The van der Waals surface area contributed by atoms with Gasteiger partial charge in [0, 0.05) is 23.3 Å². The number of anilines is 3. The maximum Gasteiger partial charge on any atom is 0.227 e. The summed E-state index contributed by atoms with van der Waals surface area (Å²) in [6, 6.07) is 7.80. The van der Waals surface area contributed by atoms with E-state index in [2.05, 4.69) is 30.6 Å². The molecule has 0 bridgehead atoms. The highest BCUT2D eigenvalue weighted by Gasteiger charge is 2.20. The molecule has 1 aliphatic rings. The second-order valence-corrected chi connectivity index (χ2v) is 6.62. The molecule has 1 saturated carbocycles. The molecule has 134 valence electrons. The number of nitrogens with zero attached hydrogens (tertiary/aromatic N) is 3. The van der Waals surface area contributed by atoms with E-state index in [0.29, 0.717) is 40.6 Å². The molecule has 0 aliphatic heterocycles. The zero-order chi connectivity index (χ0) is 17.9. The van der Waals surface area contributed by atoms with E-state index >= 15 is 0 Å². The number of hydrogen-bond acceptors (Lipinski definition) is 7. The molecule has 3 aromatic rings. The summed E-state index contributed by atoms with van der Waals surface area (Å²) >= 11 is 0. The first-order valence-corrected chi connectivity index (χ1v) is 8.77. The largest absolute Gasteiger partial charge is 0.351 e. The van der Waals surface area contributed by atoms with Crippen molar-refractivity contribution in [2.24, 2.45) is 5.73 Å². The average Bonchev–Trinajstić information content (AvgIpc) is 3.13. The van der Waals surface area contributed by atoms with Crippen molar-refractivity contribution in [1.82, 2.24) is 19.9 Å². The number of hydrogen-bond donors (Lipinski definition) is 4. The van der Waals surface area contributed by atoms with Gasteiger partial charge in [0.05, 0.1) is 6.33 Å². The van der Waals surface area contributed by atoms with Crippen LogP contribution in [0.1, 0.15) is 36.0 Å². The molecule has 5 N–H and O–H groups in total.